The van der Waals surface area contributed by atoms with E-state index in [1.165, 1.54) is 44.4 Å². The van der Waals surface area contributed by atoms with E-state index in [1.807, 2.05) is 6.92 Å². The largest absolute Gasteiger partial charge is 0.497 e. The Hall–Kier alpha value is -4.25. The average molecular weight is 584 g/mol. The molecule has 220 valence electrons. The van der Waals surface area contributed by atoms with E-state index in [0.717, 1.165) is 15.4 Å². The zero-order valence-electron chi connectivity index (χ0n) is 24.2. The van der Waals surface area contributed by atoms with Crippen molar-refractivity contribution in [3.05, 3.63) is 77.9 Å². The van der Waals surface area contributed by atoms with E-state index in [9.17, 15) is 18.0 Å². The van der Waals surface area contributed by atoms with Gasteiger partial charge in [-0.3, -0.25) is 13.9 Å². The lowest BCUT2D eigenvalue weighted by Crippen LogP contribution is -2.51. The Bertz CT molecular complexity index is 1440. The first-order chi connectivity index (χ1) is 19.6. The molecule has 0 aromatic heterocycles. The van der Waals surface area contributed by atoms with E-state index in [2.05, 4.69) is 5.32 Å². The maximum absolute atomic E-state index is 14.1. The molecule has 0 aliphatic carbocycles. The van der Waals surface area contributed by atoms with Gasteiger partial charge < -0.3 is 24.4 Å². The van der Waals surface area contributed by atoms with E-state index in [0.29, 0.717) is 17.9 Å². The Kier molecular flexibility index (Phi) is 10.6. The molecule has 0 radical (unpaired) electrons. The zero-order valence-corrected chi connectivity index (χ0v) is 25.0. The van der Waals surface area contributed by atoms with Crippen LogP contribution in [-0.2, 0) is 26.2 Å². The van der Waals surface area contributed by atoms with Gasteiger partial charge in [-0.05, 0) is 55.3 Å². The van der Waals surface area contributed by atoms with Crippen LogP contribution in [0.2, 0.25) is 0 Å². The van der Waals surface area contributed by atoms with Crippen molar-refractivity contribution in [3.63, 3.8) is 0 Å². The number of hydrogen-bond donors (Lipinski definition) is 1. The smallest absolute Gasteiger partial charge is 0.264 e. The predicted molar refractivity (Wildman–Crippen MR) is 157 cm³/mol. The molecule has 3 rings (SSSR count). The molecule has 0 saturated heterocycles. The molecule has 1 unspecified atom stereocenters. The summed E-state index contributed by atoms with van der Waals surface area (Å²) in [5.74, 6) is 0.321. The van der Waals surface area contributed by atoms with Gasteiger partial charge in [-0.15, -0.1) is 0 Å². The molecule has 0 fully saturated rings. The van der Waals surface area contributed by atoms with Crippen molar-refractivity contribution in [2.45, 2.75) is 37.8 Å². The van der Waals surface area contributed by atoms with E-state index in [4.69, 9.17) is 14.2 Å². The molecule has 41 heavy (non-hydrogen) atoms. The highest BCUT2D eigenvalue weighted by Gasteiger charge is 2.34. The number of carbonyl (C=O) groups excluding carboxylic acids is 2. The summed E-state index contributed by atoms with van der Waals surface area (Å²) in [7, 11) is 1.66. The number of hydrogen-bond acceptors (Lipinski definition) is 7. The van der Waals surface area contributed by atoms with Crippen molar-refractivity contribution in [1.29, 1.82) is 0 Å². The highest BCUT2D eigenvalue weighted by Crippen LogP contribution is 2.36. The van der Waals surface area contributed by atoms with Crippen LogP contribution in [0, 0.1) is 6.92 Å². The van der Waals surface area contributed by atoms with E-state index >= 15 is 0 Å². The number of nitrogens with zero attached hydrogens (tertiary/aromatic N) is 2. The van der Waals surface area contributed by atoms with Crippen LogP contribution in [0.15, 0.2) is 71.6 Å². The number of anilines is 1. The molecule has 0 bridgehead atoms. The minimum atomic E-state index is -4.26. The van der Waals surface area contributed by atoms with Gasteiger partial charge >= 0.3 is 0 Å². The Labute approximate surface area is 241 Å². The maximum Gasteiger partial charge on any atom is 0.264 e. The number of ether oxygens (including phenoxy) is 3. The monoisotopic (exact) mass is 583 g/mol. The van der Waals surface area contributed by atoms with E-state index < -0.39 is 28.5 Å². The van der Waals surface area contributed by atoms with Crippen molar-refractivity contribution >= 4 is 27.5 Å². The fourth-order valence-electron chi connectivity index (χ4n) is 4.36. The van der Waals surface area contributed by atoms with Crippen LogP contribution in [0.3, 0.4) is 0 Å². The number of benzene rings is 3. The lowest BCUT2D eigenvalue weighted by Gasteiger charge is -2.33. The summed E-state index contributed by atoms with van der Waals surface area (Å²) in [6.07, 6.45) is 0.314. The molecule has 11 heteroatoms. The summed E-state index contributed by atoms with van der Waals surface area (Å²) in [5, 5.41) is 2.61. The summed E-state index contributed by atoms with van der Waals surface area (Å²) >= 11 is 0. The second-order valence-corrected chi connectivity index (χ2v) is 11.1. The number of likely N-dealkylation sites (N-methyl/N-ethyl adjacent to an activating group) is 1. The van der Waals surface area contributed by atoms with Crippen LogP contribution in [0.4, 0.5) is 5.69 Å². The van der Waals surface area contributed by atoms with Crippen molar-refractivity contribution in [2.24, 2.45) is 0 Å². The lowest BCUT2D eigenvalue weighted by molar-refractivity contribution is -0.140. The normalized spacial score (nSPS) is 11.8. The van der Waals surface area contributed by atoms with Gasteiger partial charge in [-0.2, -0.15) is 0 Å². The van der Waals surface area contributed by atoms with E-state index in [-0.39, 0.29) is 28.8 Å². The molecule has 0 aliphatic heterocycles. The van der Waals surface area contributed by atoms with Crippen molar-refractivity contribution in [2.75, 3.05) is 39.2 Å². The number of carbonyl (C=O) groups is 2. The topological polar surface area (TPSA) is 114 Å². The van der Waals surface area contributed by atoms with Crippen LogP contribution >= 0.6 is 0 Å². The minimum Gasteiger partial charge on any atom is -0.497 e. The Balaban J connectivity index is 2.14. The fourth-order valence-corrected chi connectivity index (χ4v) is 5.77. The number of methoxy groups -OCH3 is 3. The number of amides is 2. The second-order valence-electron chi connectivity index (χ2n) is 9.27. The molecule has 1 atom stereocenters. The molecule has 0 spiro atoms. The Morgan fingerprint density at radius 1 is 0.878 bits per heavy atom. The van der Waals surface area contributed by atoms with Gasteiger partial charge in [0.25, 0.3) is 10.0 Å². The molecule has 3 aromatic carbocycles. The van der Waals surface area contributed by atoms with Crippen LogP contribution in [0.1, 0.15) is 24.5 Å². The predicted octanol–water partition coefficient (Wildman–Crippen LogP) is 3.77. The average Bonchev–Trinajstić information content (AvgIpc) is 2.99. The maximum atomic E-state index is 14.1. The van der Waals surface area contributed by atoms with Crippen molar-refractivity contribution in [1.82, 2.24) is 10.2 Å². The second kappa shape index (κ2) is 13.9. The third kappa shape index (κ3) is 7.29. The first-order valence-electron chi connectivity index (χ1n) is 13.0. The first-order valence-corrected chi connectivity index (χ1v) is 14.5. The summed E-state index contributed by atoms with van der Waals surface area (Å²) in [6, 6.07) is 17.3. The third-order valence-electron chi connectivity index (χ3n) is 6.69. The van der Waals surface area contributed by atoms with Crippen molar-refractivity contribution < 1.29 is 32.2 Å². The molecule has 1 N–H and O–H groups in total. The highest BCUT2D eigenvalue weighted by atomic mass is 32.2. The molecule has 2 amide bonds. The van der Waals surface area contributed by atoms with Crippen molar-refractivity contribution in [3.8, 4) is 17.2 Å². The molecular formula is C30H37N3O7S. The molecule has 0 aliphatic rings. The quantitative estimate of drug-likeness (QED) is 0.326. The van der Waals surface area contributed by atoms with Gasteiger partial charge in [0, 0.05) is 19.7 Å². The molecule has 10 nitrogen and oxygen atoms in total. The zero-order chi connectivity index (χ0) is 30.2. The van der Waals surface area contributed by atoms with Gasteiger partial charge in [-0.25, -0.2) is 8.42 Å². The summed E-state index contributed by atoms with van der Waals surface area (Å²) in [6.45, 7) is 3.12. The SMILES string of the molecule is CCC(C(=O)NC)N(Cc1ccc(OC)cc1)C(=O)CN(c1cc(OC)ccc1OC)S(=O)(=O)c1ccc(C)cc1. The lowest BCUT2D eigenvalue weighted by atomic mass is 10.1. The Morgan fingerprint density at radius 3 is 2.02 bits per heavy atom. The van der Waals surface area contributed by atoms with Gasteiger partial charge in [0.1, 0.15) is 29.8 Å². The number of sulfonamides is 1. The van der Waals surface area contributed by atoms with Gasteiger partial charge in [0.15, 0.2) is 0 Å². The Morgan fingerprint density at radius 2 is 1.49 bits per heavy atom. The number of nitrogens with one attached hydrogen (secondary N) is 1. The molecule has 0 heterocycles. The molecular weight excluding hydrogens is 546 g/mol. The molecule has 0 saturated carbocycles. The van der Waals surface area contributed by atoms with Gasteiger partial charge in [-0.1, -0.05) is 36.8 Å². The van der Waals surface area contributed by atoms with Crippen LogP contribution in [-0.4, -0.2) is 66.1 Å². The minimum absolute atomic E-state index is 0.000759. The number of aryl methyl sites for hydroxylation is 1. The summed E-state index contributed by atoms with van der Waals surface area (Å²) in [4.78, 5) is 28.4. The van der Waals surface area contributed by atoms with Crippen LogP contribution < -0.4 is 23.8 Å². The van der Waals surface area contributed by atoms with E-state index in [1.54, 1.807) is 62.6 Å². The van der Waals surface area contributed by atoms with Gasteiger partial charge in [0.05, 0.1) is 31.9 Å². The number of rotatable bonds is 13. The van der Waals surface area contributed by atoms with Crippen LogP contribution in [0.25, 0.3) is 0 Å². The van der Waals surface area contributed by atoms with Crippen LogP contribution in [0.5, 0.6) is 17.2 Å². The third-order valence-corrected chi connectivity index (χ3v) is 8.46. The summed E-state index contributed by atoms with van der Waals surface area (Å²) in [5.41, 5.74) is 1.75. The standard InChI is InChI=1S/C30H37N3O7S/c1-7-26(30(35)31-3)32(19-22-10-12-23(38-4)13-11-22)29(34)20-33(27-18-24(39-5)14-17-28(27)40-6)41(36,37)25-15-8-21(2)9-16-25/h8-18,26H,7,19-20H2,1-6H3,(H,31,35). The first kappa shape index (κ1) is 31.3. The summed E-state index contributed by atoms with van der Waals surface area (Å²) < 4.78 is 45.3. The fraction of sp³-hybridized carbons (Fsp3) is 0.333. The van der Waals surface area contributed by atoms with Gasteiger partial charge in [0.2, 0.25) is 11.8 Å². The molecule has 3 aromatic rings. The highest BCUT2D eigenvalue weighted by molar-refractivity contribution is 7.92.